The average Bonchev–Trinajstić information content (AvgIpc) is 2.96. The van der Waals surface area contributed by atoms with Gasteiger partial charge in [-0.05, 0) is 88.9 Å². The number of H-pyrrole nitrogens is 1. The van der Waals surface area contributed by atoms with Crippen LogP contribution in [0, 0.1) is 5.92 Å². The Morgan fingerprint density at radius 3 is 2.33 bits per heavy atom. The van der Waals surface area contributed by atoms with Crippen molar-refractivity contribution in [2.75, 3.05) is 30.0 Å². The average molecular weight is 571 g/mol. The normalized spacial score (nSPS) is 11.5. The number of aromatic nitrogens is 2. The highest BCUT2D eigenvalue weighted by molar-refractivity contribution is 6.03. The summed E-state index contributed by atoms with van der Waals surface area (Å²) >= 11 is 0. The van der Waals surface area contributed by atoms with E-state index in [1.54, 1.807) is 17.2 Å². The van der Waals surface area contributed by atoms with Gasteiger partial charge in [-0.15, -0.1) is 0 Å². The van der Waals surface area contributed by atoms with E-state index in [2.05, 4.69) is 69.0 Å². The summed E-state index contributed by atoms with van der Waals surface area (Å²) in [7, 11) is 0. The van der Waals surface area contributed by atoms with E-state index in [1.165, 1.54) is 0 Å². The third-order valence-electron chi connectivity index (χ3n) is 7.26. The highest BCUT2D eigenvalue weighted by Crippen LogP contribution is 2.38. The second-order valence-corrected chi connectivity index (χ2v) is 11.6. The van der Waals surface area contributed by atoms with Crippen molar-refractivity contribution in [3.63, 3.8) is 0 Å². The number of pyridine rings is 2. The molecule has 0 aliphatic rings. The van der Waals surface area contributed by atoms with Crippen LogP contribution in [0.25, 0.3) is 22.2 Å². The van der Waals surface area contributed by atoms with E-state index < -0.39 is 0 Å². The number of aliphatic hydroxyl groups excluding tert-OH is 1. The number of urea groups is 1. The number of carbonyl (C=O) groups is 1. The minimum absolute atomic E-state index is 0.0518. The molecule has 0 saturated carbocycles. The van der Waals surface area contributed by atoms with Gasteiger partial charge in [-0.25, -0.2) is 9.78 Å². The number of aromatic amines is 1. The monoisotopic (exact) mass is 570 g/mol. The highest BCUT2D eigenvalue weighted by atomic mass is 16.5. The van der Waals surface area contributed by atoms with Gasteiger partial charge in [0, 0.05) is 23.8 Å². The van der Waals surface area contributed by atoms with Gasteiger partial charge in [0.05, 0.1) is 6.61 Å². The Hall–Kier alpha value is -4.17. The van der Waals surface area contributed by atoms with Crippen LogP contribution in [0.15, 0.2) is 65.6 Å². The van der Waals surface area contributed by atoms with Gasteiger partial charge in [0.15, 0.2) is 0 Å². The van der Waals surface area contributed by atoms with E-state index in [1.807, 2.05) is 36.4 Å². The fourth-order valence-electron chi connectivity index (χ4n) is 4.96. The molecule has 0 radical (unpaired) electrons. The van der Waals surface area contributed by atoms with E-state index >= 15 is 0 Å². The number of amides is 2. The molecule has 0 saturated heterocycles. The summed E-state index contributed by atoms with van der Waals surface area (Å²) in [6.07, 6.45) is 2.36. The Bertz CT molecular complexity index is 1560. The van der Waals surface area contributed by atoms with Crippen LogP contribution in [0.3, 0.4) is 0 Å². The number of hydrogen-bond acceptors (Lipinski definition) is 5. The molecule has 2 aromatic heterocycles. The van der Waals surface area contributed by atoms with Gasteiger partial charge in [0.25, 0.3) is 5.56 Å². The van der Waals surface area contributed by atoms with Crippen LogP contribution >= 0.6 is 0 Å². The first-order valence-electron chi connectivity index (χ1n) is 14.7. The van der Waals surface area contributed by atoms with Crippen molar-refractivity contribution in [3.8, 4) is 16.9 Å². The van der Waals surface area contributed by atoms with Crippen LogP contribution in [-0.4, -0.2) is 40.9 Å². The van der Waals surface area contributed by atoms with Crippen LogP contribution in [0.5, 0.6) is 5.75 Å². The van der Waals surface area contributed by atoms with Gasteiger partial charge in [0.1, 0.15) is 23.7 Å². The number of rotatable bonds is 11. The lowest BCUT2D eigenvalue weighted by Crippen LogP contribution is -2.40. The van der Waals surface area contributed by atoms with Crippen molar-refractivity contribution in [3.05, 3.63) is 82.3 Å². The molecule has 3 N–H and O–H groups in total. The quantitative estimate of drug-likeness (QED) is 0.175. The topological polar surface area (TPSA) is 108 Å². The lowest BCUT2D eigenvalue weighted by atomic mass is 9.88. The molecule has 2 amide bonds. The maximum atomic E-state index is 14.1. The van der Waals surface area contributed by atoms with Gasteiger partial charge >= 0.3 is 6.03 Å². The van der Waals surface area contributed by atoms with Gasteiger partial charge in [0.2, 0.25) is 0 Å². The summed E-state index contributed by atoms with van der Waals surface area (Å²) in [6, 6.07) is 17.1. The third kappa shape index (κ3) is 7.18. The lowest BCUT2D eigenvalue weighted by molar-refractivity contribution is 0.201. The van der Waals surface area contributed by atoms with Crippen LogP contribution in [0.4, 0.5) is 16.2 Å². The maximum absolute atomic E-state index is 14.1. The summed E-state index contributed by atoms with van der Waals surface area (Å²) < 4.78 is 5.65. The first-order chi connectivity index (χ1) is 20.1. The molecular weight excluding hydrogens is 528 g/mol. The Morgan fingerprint density at radius 2 is 1.69 bits per heavy atom. The minimum Gasteiger partial charge on any atom is -0.491 e. The second-order valence-electron chi connectivity index (χ2n) is 11.6. The summed E-state index contributed by atoms with van der Waals surface area (Å²) in [6.45, 7) is 13.2. The summed E-state index contributed by atoms with van der Waals surface area (Å²) in [5.74, 6) is 1.26. The van der Waals surface area contributed by atoms with Crippen molar-refractivity contribution in [2.24, 2.45) is 5.92 Å². The summed E-state index contributed by atoms with van der Waals surface area (Å²) in [5.41, 5.74) is 5.22. The molecule has 222 valence electrons. The molecule has 0 atom stereocenters. The maximum Gasteiger partial charge on any atom is 0.326 e. The first-order valence-corrected chi connectivity index (χ1v) is 14.7. The number of anilines is 2. The van der Waals surface area contributed by atoms with Crippen molar-refractivity contribution in [1.29, 1.82) is 0 Å². The van der Waals surface area contributed by atoms with Crippen molar-refractivity contribution < 1.29 is 14.6 Å². The molecule has 4 aromatic rings. The zero-order valence-corrected chi connectivity index (χ0v) is 25.4. The molecule has 0 fully saturated rings. The Kier molecular flexibility index (Phi) is 10.0. The molecule has 0 aliphatic carbocycles. The third-order valence-corrected chi connectivity index (χ3v) is 7.26. The fourth-order valence-corrected chi connectivity index (χ4v) is 4.96. The molecule has 0 bridgehead atoms. The lowest BCUT2D eigenvalue weighted by Gasteiger charge is -2.27. The van der Waals surface area contributed by atoms with E-state index in [4.69, 9.17) is 9.84 Å². The molecule has 2 aromatic carbocycles. The molecule has 4 rings (SSSR count). The highest BCUT2D eigenvalue weighted by Gasteiger charge is 2.24. The molecule has 8 nitrogen and oxygen atoms in total. The van der Waals surface area contributed by atoms with Crippen LogP contribution in [-0.2, 0) is 0 Å². The SMILES string of the molecule is CC(C)CCN(C(=O)Nc1c(C(C)C)cc(-c2cccc(OCCO)c2)cc1C(C)C)c1cc2cccnc2[nH]c1=O. The number of hydrogen-bond donors (Lipinski definition) is 3. The van der Waals surface area contributed by atoms with Gasteiger partial charge in [-0.2, -0.15) is 0 Å². The summed E-state index contributed by atoms with van der Waals surface area (Å²) in [5, 5.41) is 13.1. The molecule has 0 spiro atoms. The Morgan fingerprint density at radius 1 is 0.976 bits per heavy atom. The number of fused-ring (bicyclic) bond motifs is 1. The van der Waals surface area contributed by atoms with Crippen molar-refractivity contribution in [2.45, 2.75) is 59.8 Å². The molecule has 0 unspecified atom stereocenters. The number of nitrogens with one attached hydrogen (secondary N) is 2. The largest absolute Gasteiger partial charge is 0.491 e. The Balaban J connectivity index is 1.78. The standard InChI is InChI=1S/C34H42N4O4/c1-21(2)12-14-38(30-20-25-10-8-13-35-32(25)37-33(30)40)34(41)36-31-28(22(3)4)18-26(19-29(31)23(5)6)24-9-7-11-27(17-24)42-16-15-39/h7-11,13,17-23,39H,12,14-16H2,1-6H3,(H,36,41)(H,35,37,40). The zero-order chi connectivity index (χ0) is 30.4. The van der Waals surface area contributed by atoms with Gasteiger partial charge < -0.3 is 20.1 Å². The fraction of sp³-hybridized carbons (Fsp3) is 0.382. The number of benzene rings is 2. The van der Waals surface area contributed by atoms with Crippen LogP contribution in [0.2, 0.25) is 0 Å². The van der Waals surface area contributed by atoms with Crippen molar-refractivity contribution in [1.82, 2.24) is 9.97 Å². The number of carbonyl (C=O) groups excluding carboxylic acids is 1. The van der Waals surface area contributed by atoms with E-state index in [0.29, 0.717) is 29.5 Å². The predicted octanol–water partition coefficient (Wildman–Crippen LogP) is 7.29. The van der Waals surface area contributed by atoms with E-state index in [0.717, 1.165) is 39.7 Å². The van der Waals surface area contributed by atoms with Crippen molar-refractivity contribution >= 4 is 28.4 Å². The Labute approximate surface area is 247 Å². The molecule has 8 heteroatoms. The molecule has 42 heavy (non-hydrogen) atoms. The van der Waals surface area contributed by atoms with Gasteiger partial charge in [-0.1, -0.05) is 53.7 Å². The number of ether oxygens (including phenoxy) is 1. The number of nitrogens with zero attached hydrogens (tertiary/aromatic N) is 2. The molecule has 2 heterocycles. The minimum atomic E-state index is -0.355. The smallest absolute Gasteiger partial charge is 0.326 e. The van der Waals surface area contributed by atoms with E-state index in [9.17, 15) is 9.59 Å². The molecule has 0 aliphatic heterocycles. The predicted molar refractivity (Wildman–Crippen MR) is 171 cm³/mol. The molecular formula is C34H42N4O4. The first kappa shape index (κ1) is 30.8. The van der Waals surface area contributed by atoms with E-state index in [-0.39, 0.29) is 36.6 Å². The zero-order valence-electron chi connectivity index (χ0n) is 25.4. The van der Waals surface area contributed by atoms with Crippen LogP contribution in [0.1, 0.15) is 70.9 Å². The number of aliphatic hydroxyl groups is 1. The second kappa shape index (κ2) is 13.7. The summed E-state index contributed by atoms with van der Waals surface area (Å²) in [4.78, 5) is 35.9. The van der Waals surface area contributed by atoms with Gasteiger partial charge in [-0.3, -0.25) is 9.69 Å². The van der Waals surface area contributed by atoms with Crippen LogP contribution < -0.4 is 20.5 Å².